The molecule has 2 heterocycles. The first kappa shape index (κ1) is 33.6. The predicted molar refractivity (Wildman–Crippen MR) is 188 cm³/mol. The average molecular weight is 595 g/mol. The molecule has 0 fully saturated rings. The highest BCUT2D eigenvalue weighted by Gasteiger charge is 2.43. The first-order valence-corrected chi connectivity index (χ1v) is 17.1. The van der Waals surface area contributed by atoms with E-state index in [1.807, 2.05) is 0 Å². The lowest BCUT2D eigenvalue weighted by atomic mass is 9.80. The number of amides is 1. The maximum Gasteiger partial charge on any atom is 0.219 e. The van der Waals surface area contributed by atoms with Gasteiger partial charge in [-0.05, 0) is 50.7 Å². The van der Waals surface area contributed by atoms with E-state index in [-0.39, 0.29) is 16.7 Å². The van der Waals surface area contributed by atoms with Crippen LogP contribution in [0.4, 0.5) is 11.4 Å². The molecule has 2 aliphatic rings. The van der Waals surface area contributed by atoms with Gasteiger partial charge in [0.05, 0.1) is 11.1 Å². The molecule has 0 atom stereocenters. The zero-order chi connectivity index (χ0) is 31.6. The molecule has 4 nitrogen and oxygen atoms in total. The second-order valence-electron chi connectivity index (χ2n) is 14.1. The van der Waals surface area contributed by atoms with Crippen LogP contribution in [0.2, 0.25) is 0 Å². The Kier molecular flexibility index (Phi) is 11.9. The molecule has 0 saturated heterocycles. The molecule has 2 aromatic rings. The number of fused-ring (bicyclic) bond motifs is 2. The number of unbranched alkanes of at least 4 members (excludes halogenated alkanes) is 5. The highest BCUT2D eigenvalue weighted by Crippen LogP contribution is 2.41. The minimum atomic E-state index is -0.0607. The smallest absolute Gasteiger partial charge is 0.219 e. The van der Waals surface area contributed by atoms with Gasteiger partial charge in [0.15, 0.2) is 5.71 Å². The molecule has 2 aromatic carbocycles. The van der Waals surface area contributed by atoms with Crippen molar-refractivity contribution in [3.05, 3.63) is 84.0 Å². The van der Waals surface area contributed by atoms with E-state index >= 15 is 0 Å². The van der Waals surface area contributed by atoms with E-state index in [4.69, 9.17) is 4.99 Å². The van der Waals surface area contributed by atoms with Gasteiger partial charge in [0.2, 0.25) is 11.6 Å². The number of rotatable bonds is 17. The first-order valence-electron chi connectivity index (χ1n) is 17.1. The van der Waals surface area contributed by atoms with Crippen LogP contribution in [0.15, 0.2) is 77.8 Å². The molecule has 0 unspecified atom stereocenters. The molecule has 0 aromatic heterocycles. The Morgan fingerprint density at radius 2 is 1.55 bits per heavy atom. The van der Waals surface area contributed by atoms with Gasteiger partial charge in [-0.2, -0.15) is 4.58 Å². The van der Waals surface area contributed by atoms with Crippen molar-refractivity contribution in [2.24, 2.45) is 10.9 Å². The van der Waals surface area contributed by atoms with Crippen LogP contribution < -0.4 is 5.32 Å². The monoisotopic (exact) mass is 594 g/mol. The summed E-state index contributed by atoms with van der Waals surface area (Å²) in [5.74, 6) is 0.997. The van der Waals surface area contributed by atoms with Crippen molar-refractivity contribution in [3.63, 3.8) is 0 Å². The van der Waals surface area contributed by atoms with E-state index in [1.54, 1.807) is 0 Å². The van der Waals surface area contributed by atoms with Crippen LogP contribution in [-0.4, -0.2) is 35.0 Å². The fraction of sp³-hybridized carbons (Fsp3) is 0.525. The number of hydrogen-bond acceptors (Lipinski definition) is 2. The lowest BCUT2D eigenvalue weighted by molar-refractivity contribution is -0.438. The number of hydrogen-bond donors (Lipinski definition) is 1. The molecule has 44 heavy (non-hydrogen) atoms. The van der Waals surface area contributed by atoms with E-state index in [2.05, 4.69) is 124 Å². The number of carbonyl (C=O) groups is 1. The lowest BCUT2D eigenvalue weighted by Crippen LogP contribution is -2.28. The van der Waals surface area contributed by atoms with Crippen LogP contribution in [0.1, 0.15) is 117 Å². The Morgan fingerprint density at radius 3 is 2.32 bits per heavy atom. The van der Waals surface area contributed by atoms with E-state index in [1.165, 1.54) is 53.9 Å². The van der Waals surface area contributed by atoms with Gasteiger partial charge >= 0.3 is 0 Å². The van der Waals surface area contributed by atoms with Gasteiger partial charge in [0.25, 0.3) is 0 Å². The standard InChI is InChI=1S/C40H55N3O/c1-31(2)21-11-7-8-19-29-41-38(44)28-14-10-20-30-43-35-25-18-16-23-33(35)40(5,6)37(43)27-13-9-12-26-36-39(3,4)32-22-15-17-24-34(32)42-36/h9,12-13,15-18,22-25,27,31H,7-8,10-11,14,19-21,26,28-30H2,1-6H3/p+1/b12-9+,27-13+. The van der Waals surface area contributed by atoms with E-state index in [0.29, 0.717) is 6.42 Å². The van der Waals surface area contributed by atoms with Crippen molar-refractivity contribution >= 4 is 28.7 Å². The van der Waals surface area contributed by atoms with Gasteiger partial charge in [-0.15, -0.1) is 0 Å². The molecule has 1 N–H and O–H groups in total. The van der Waals surface area contributed by atoms with Crippen molar-refractivity contribution in [1.82, 2.24) is 5.32 Å². The van der Waals surface area contributed by atoms with E-state index < -0.39 is 0 Å². The molecule has 0 spiro atoms. The van der Waals surface area contributed by atoms with Crippen LogP contribution in [0.25, 0.3) is 0 Å². The molecule has 2 aliphatic heterocycles. The van der Waals surface area contributed by atoms with Gasteiger partial charge in [-0.25, -0.2) is 0 Å². The SMILES string of the molecule is CC(C)CCCCCCNC(=O)CCCCC[N+]1=C(/C=C/C=C/CC2=Nc3ccccc3C2(C)C)C(C)(C)c2ccccc21. The Labute approximate surface area is 267 Å². The summed E-state index contributed by atoms with van der Waals surface area (Å²) in [6, 6.07) is 17.3. The molecule has 0 aliphatic carbocycles. The van der Waals surface area contributed by atoms with Gasteiger partial charge in [0, 0.05) is 54.6 Å². The summed E-state index contributed by atoms with van der Waals surface area (Å²) >= 11 is 0. The second-order valence-corrected chi connectivity index (χ2v) is 14.1. The largest absolute Gasteiger partial charge is 0.356 e. The second kappa shape index (κ2) is 15.6. The quantitative estimate of drug-likeness (QED) is 0.111. The number of nitrogens with one attached hydrogen (secondary N) is 1. The number of aliphatic imine (C=N–C) groups is 1. The Bertz CT molecular complexity index is 1390. The van der Waals surface area contributed by atoms with Crippen LogP contribution in [0.5, 0.6) is 0 Å². The van der Waals surface area contributed by atoms with Crippen molar-refractivity contribution in [2.75, 3.05) is 13.1 Å². The highest BCUT2D eigenvalue weighted by molar-refractivity contribution is 6.03. The van der Waals surface area contributed by atoms with Crippen LogP contribution >= 0.6 is 0 Å². The molecular formula is C40H56N3O+. The maximum absolute atomic E-state index is 12.3. The normalized spacial score (nSPS) is 16.7. The third-order valence-electron chi connectivity index (χ3n) is 9.48. The summed E-state index contributed by atoms with van der Waals surface area (Å²) in [6.45, 7) is 15.6. The summed E-state index contributed by atoms with van der Waals surface area (Å²) in [7, 11) is 0. The molecule has 0 bridgehead atoms. The molecule has 1 amide bonds. The summed E-state index contributed by atoms with van der Waals surface area (Å²) < 4.78 is 2.50. The Hall–Kier alpha value is -3.27. The van der Waals surface area contributed by atoms with Gasteiger partial charge in [0.1, 0.15) is 6.54 Å². The number of allylic oxidation sites excluding steroid dienone is 4. The molecule has 0 saturated carbocycles. The number of para-hydroxylation sites is 2. The van der Waals surface area contributed by atoms with Gasteiger partial charge in [-0.3, -0.25) is 9.79 Å². The minimum absolute atomic E-state index is 0.0289. The summed E-state index contributed by atoms with van der Waals surface area (Å²) in [5, 5.41) is 3.13. The minimum Gasteiger partial charge on any atom is -0.356 e. The third kappa shape index (κ3) is 8.46. The van der Waals surface area contributed by atoms with E-state index in [0.717, 1.165) is 56.8 Å². The summed E-state index contributed by atoms with van der Waals surface area (Å²) in [6.07, 6.45) is 19.6. The lowest BCUT2D eigenvalue weighted by Gasteiger charge is -2.21. The molecule has 4 rings (SSSR count). The van der Waals surface area contributed by atoms with Crippen molar-refractivity contribution in [1.29, 1.82) is 0 Å². The average Bonchev–Trinajstić information content (AvgIpc) is 3.37. The molecular weight excluding hydrogens is 538 g/mol. The fourth-order valence-corrected chi connectivity index (χ4v) is 6.71. The van der Waals surface area contributed by atoms with Crippen molar-refractivity contribution in [2.45, 2.75) is 117 Å². The fourth-order valence-electron chi connectivity index (χ4n) is 6.71. The molecule has 0 radical (unpaired) electrons. The highest BCUT2D eigenvalue weighted by atomic mass is 16.1. The number of nitrogens with zero attached hydrogens (tertiary/aromatic N) is 2. The topological polar surface area (TPSA) is 44.5 Å². The Morgan fingerprint density at radius 1 is 0.841 bits per heavy atom. The number of carbonyl (C=O) groups excluding carboxylic acids is 1. The van der Waals surface area contributed by atoms with Gasteiger partial charge in [-0.1, -0.05) is 108 Å². The zero-order valence-corrected chi connectivity index (χ0v) is 28.3. The predicted octanol–water partition coefficient (Wildman–Crippen LogP) is 9.91. The number of benzene rings is 2. The van der Waals surface area contributed by atoms with Crippen molar-refractivity contribution < 1.29 is 9.37 Å². The third-order valence-corrected chi connectivity index (χ3v) is 9.48. The maximum atomic E-state index is 12.3. The van der Waals surface area contributed by atoms with E-state index in [9.17, 15) is 4.79 Å². The van der Waals surface area contributed by atoms with Gasteiger partial charge < -0.3 is 5.32 Å². The van der Waals surface area contributed by atoms with Crippen LogP contribution in [0.3, 0.4) is 0 Å². The zero-order valence-electron chi connectivity index (χ0n) is 28.3. The molecule has 236 valence electrons. The molecule has 4 heteroatoms. The van der Waals surface area contributed by atoms with Crippen molar-refractivity contribution in [3.8, 4) is 0 Å². The Balaban J connectivity index is 1.27. The summed E-state index contributed by atoms with van der Waals surface area (Å²) in [4.78, 5) is 17.3. The summed E-state index contributed by atoms with van der Waals surface area (Å²) in [5.41, 5.74) is 7.58. The van der Waals surface area contributed by atoms with Crippen LogP contribution in [0, 0.1) is 5.92 Å². The van der Waals surface area contributed by atoms with Crippen LogP contribution in [-0.2, 0) is 15.6 Å². The first-order chi connectivity index (χ1) is 21.1.